The second kappa shape index (κ2) is 10.3. The average Bonchev–Trinajstić information content (AvgIpc) is 2.67. The van der Waals surface area contributed by atoms with Crippen LogP contribution < -0.4 is 0 Å². The van der Waals surface area contributed by atoms with E-state index in [0.717, 1.165) is 32.8 Å². The molecule has 3 rings (SSSR count). The van der Waals surface area contributed by atoms with Gasteiger partial charge in [-0.05, 0) is 11.1 Å². The Hall–Kier alpha value is -1.72. The maximum atomic E-state index is 5.96. The number of benzene rings is 2. The van der Waals surface area contributed by atoms with E-state index in [0.29, 0.717) is 19.8 Å². The largest absolute Gasteiger partial charge is 0.377 e. The van der Waals surface area contributed by atoms with E-state index in [4.69, 9.17) is 14.2 Å². The summed E-state index contributed by atoms with van der Waals surface area (Å²) in [6.07, 6.45) is -0.0131. The van der Waals surface area contributed by atoms with Crippen molar-refractivity contribution in [3.63, 3.8) is 0 Å². The third-order valence-corrected chi connectivity index (χ3v) is 4.29. The fourth-order valence-electron chi connectivity index (χ4n) is 2.86. The van der Waals surface area contributed by atoms with Gasteiger partial charge in [0.1, 0.15) is 6.10 Å². The van der Waals surface area contributed by atoms with Crippen molar-refractivity contribution < 1.29 is 14.2 Å². The van der Waals surface area contributed by atoms with E-state index in [1.807, 2.05) is 24.3 Å². The van der Waals surface area contributed by atoms with Gasteiger partial charge in [0.25, 0.3) is 0 Å². The lowest BCUT2D eigenvalue weighted by Crippen LogP contribution is -2.35. The van der Waals surface area contributed by atoms with Gasteiger partial charge in [-0.1, -0.05) is 60.7 Å². The van der Waals surface area contributed by atoms with Crippen LogP contribution in [0.2, 0.25) is 0 Å². The SMILES string of the molecule is c1ccc(COC2COCCN(Cc3ccccc3)CCOC2)cc1. The first-order chi connectivity index (χ1) is 12.4. The summed E-state index contributed by atoms with van der Waals surface area (Å²) in [7, 11) is 0. The average molecular weight is 341 g/mol. The summed E-state index contributed by atoms with van der Waals surface area (Å²) in [4.78, 5) is 2.38. The third kappa shape index (κ3) is 6.59. The van der Waals surface area contributed by atoms with Gasteiger partial charge in [0.05, 0.1) is 33.0 Å². The van der Waals surface area contributed by atoms with Crippen molar-refractivity contribution in [3.05, 3.63) is 71.8 Å². The van der Waals surface area contributed by atoms with Gasteiger partial charge in [-0.3, -0.25) is 4.90 Å². The molecule has 4 heteroatoms. The van der Waals surface area contributed by atoms with Gasteiger partial charge in [0.15, 0.2) is 0 Å². The number of hydrogen-bond acceptors (Lipinski definition) is 4. The van der Waals surface area contributed by atoms with Crippen LogP contribution >= 0.6 is 0 Å². The van der Waals surface area contributed by atoms with Crippen molar-refractivity contribution >= 4 is 0 Å². The topological polar surface area (TPSA) is 30.9 Å². The molecule has 0 N–H and O–H groups in total. The number of hydrogen-bond donors (Lipinski definition) is 0. The van der Waals surface area contributed by atoms with Gasteiger partial charge in [-0.15, -0.1) is 0 Å². The molecule has 1 saturated heterocycles. The minimum absolute atomic E-state index is 0.0131. The van der Waals surface area contributed by atoms with Crippen LogP contribution in [0.3, 0.4) is 0 Å². The predicted octanol–water partition coefficient (Wildman–Crippen LogP) is 3.12. The van der Waals surface area contributed by atoms with Gasteiger partial charge in [-0.25, -0.2) is 0 Å². The molecule has 0 radical (unpaired) electrons. The summed E-state index contributed by atoms with van der Waals surface area (Å²) in [5, 5.41) is 0. The van der Waals surface area contributed by atoms with E-state index in [-0.39, 0.29) is 6.10 Å². The zero-order chi connectivity index (χ0) is 17.2. The minimum Gasteiger partial charge on any atom is -0.377 e. The molecule has 0 atom stereocenters. The van der Waals surface area contributed by atoms with Crippen LogP contribution in [0.5, 0.6) is 0 Å². The molecule has 0 saturated carbocycles. The zero-order valence-corrected chi connectivity index (χ0v) is 14.7. The molecule has 0 aromatic heterocycles. The summed E-state index contributed by atoms with van der Waals surface area (Å²) < 4.78 is 17.6. The lowest BCUT2D eigenvalue weighted by atomic mass is 10.2. The van der Waals surface area contributed by atoms with E-state index in [2.05, 4.69) is 41.3 Å². The van der Waals surface area contributed by atoms with Crippen molar-refractivity contribution in [2.45, 2.75) is 19.3 Å². The van der Waals surface area contributed by atoms with Crippen LogP contribution in [0.25, 0.3) is 0 Å². The van der Waals surface area contributed by atoms with Crippen LogP contribution in [0, 0.1) is 0 Å². The van der Waals surface area contributed by atoms with E-state index in [1.54, 1.807) is 0 Å². The van der Waals surface area contributed by atoms with Gasteiger partial charge < -0.3 is 14.2 Å². The fraction of sp³-hybridized carbons (Fsp3) is 0.429. The molecule has 1 aliphatic heterocycles. The molecule has 134 valence electrons. The Balaban J connectivity index is 1.42. The second-order valence-corrected chi connectivity index (χ2v) is 6.33. The molecule has 1 aliphatic rings. The molecule has 1 fully saturated rings. The van der Waals surface area contributed by atoms with E-state index >= 15 is 0 Å². The number of nitrogens with zero attached hydrogens (tertiary/aromatic N) is 1. The molecule has 0 bridgehead atoms. The second-order valence-electron chi connectivity index (χ2n) is 6.33. The van der Waals surface area contributed by atoms with Crippen molar-refractivity contribution in [2.24, 2.45) is 0 Å². The van der Waals surface area contributed by atoms with Gasteiger partial charge in [0.2, 0.25) is 0 Å². The predicted molar refractivity (Wildman–Crippen MR) is 98.4 cm³/mol. The fourth-order valence-corrected chi connectivity index (χ4v) is 2.86. The lowest BCUT2D eigenvalue weighted by Gasteiger charge is -2.26. The van der Waals surface area contributed by atoms with Crippen LogP contribution in [0.4, 0.5) is 0 Å². The van der Waals surface area contributed by atoms with E-state index < -0.39 is 0 Å². The molecule has 0 aliphatic carbocycles. The van der Waals surface area contributed by atoms with Crippen molar-refractivity contribution in [3.8, 4) is 0 Å². The first-order valence-electron chi connectivity index (χ1n) is 8.97. The Bertz CT molecular complexity index is 579. The maximum absolute atomic E-state index is 5.96. The molecule has 4 nitrogen and oxygen atoms in total. The third-order valence-electron chi connectivity index (χ3n) is 4.29. The van der Waals surface area contributed by atoms with Crippen LogP contribution in [0.1, 0.15) is 11.1 Å². The molecule has 0 amide bonds. The molecule has 1 heterocycles. The summed E-state index contributed by atoms with van der Waals surface area (Å²) in [6.45, 7) is 5.93. The molecular weight excluding hydrogens is 314 g/mol. The highest BCUT2D eigenvalue weighted by Gasteiger charge is 2.14. The molecule has 0 unspecified atom stereocenters. The minimum atomic E-state index is -0.0131. The number of rotatable bonds is 5. The lowest BCUT2D eigenvalue weighted by molar-refractivity contribution is -0.0787. The molecule has 0 spiro atoms. The molecule has 2 aromatic rings. The van der Waals surface area contributed by atoms with Gasteiger partial charge in [-0.2, -0.15) is 0 Å². The van der Waals surface area contributed by atoms with Gasteiger partial charge >= 0.3 is 0 Å². The highest BCUT2D eigenvalue weighted by Crippen LogP contribution is 2.08. The monoisotopic (exact) mass is 341 g/mol. The Morgan fingerprint density at radius 1 is 0.800 bits per heavy atom. The van der Waals surface area contributed by atoms with Crippen LogP contribution in [0.15, 0.2) is 60.7 Å². The normalized spacial score (nSPS) is 18.1. The van der Waals surface area contributed by atoms with Crippen molar-refractivity contribution in [1.82, 2.24) is 4.90 Å². The van der Waals surface area contributed by atoms with Gasteiger partial charge in [0, 0.05) is 19.6 Å². The Kier molecular flexibility index (Phi) is 7.46. The maximum Gasteiger partial charge on any atom is 0.105 e. The Morgan fingerprint density at radius 2 is 1.36 bits per heavy atom. The van der Waals surface area contributed by atoms with E-state index in [9.17, 15) is 0 Å². The van der Waals surface area contributed by atoms with Crippen molar-refractivity contribution in [1.29, 1.82) is 0 Å². The Morgan fingerprint density at radius 3 is 1.96 bits per heavy atom. The highest BCUT2D eigenvalue weighted by atomic mass is 16.6. The molecular formula is C21H27NO3. The van der Waals surface area contributed by atoms with Crippen molar-refractivity contribution in [2.75, 3.05) is 39.5 Å². The summed E-state index contributed by atoms with van der Waals surface area (Å²) >= 11 is 0. The summed E-state index contributed by atoms with van der Waals surface area (Å²) in [6, 6.07) is 20.8. The standard InChI is InChI=1S/C21H27NO3/c1-3-7-19(8-4-1)15-22-11-13-23-17-21(18-24-14-12-22)25-16-20-9-5-2-6-10-20/h1-10,21H,11-18H2. The smallest absolute Gasteiger partial charge is 0.105 e. The molecule has 25 heavy (non-hydrogen) atoms. The molecule has 2 aromatic carbocycles. The zero-order valence-electron chi connectivity index (χ0n) is 14.7. The van der Waals surface area contributed by atoms with E-state index in [1.165, 1.54) is 11.1 Å². The number of ether oxygens (including phenoxy) is 3. The summed E-state index contributed by atoms with van der Waals surface area (Å²) in [5.41, 5.74) is 2.50. The summed E-state index contributed by atoms with van der Waals surface area (Å²) in [5.74, 6) is 0. The highest BCUT2D eigenvalue weighted by molar-refractivity contribution is 5.14. The Labute approximate surface area is 150 Å². The first-order valence-corrected chi connectivity index (χ1v) is 8.97. The van der Waals surface area contributed by atoms with Crippen LogP contribution in [-0.2, 0) is 27.4 Å². The quantitative estimate of drug-likeness (QED) is 0.836. The first kappa shape index (κ1) is 18.1. The van der Waals surface area contributed by atoms with Crippen LogP contribution in [-0.4, -0.2) is 50.5 Å².